The summed E-state index contributed by atoms with van der Waals surface area (Å²) in [5.41, 5.74) is 2.67. The van der Waals surface area contributed by atoms with E-state index in [-0.39, 0.29) is 24.6 Å². The number of hydrogen-bond donors (Lipinski definition) is 1. The molecule has 8 heteroatoms. The van der Waals surface area contributed by atoms with Crippen LogP contribution in [0, 0.1) is 0 Å². The smallest absolute Gasteiger partial charge is 0.300 e. The zero-order valence-electron chi connectivity index (χ0n) is 18.7. The minimum atomic E-state index is -0.501. The van der Waals surface area contributed by atoms with Crippen LogP contribution in [0.1, 0.15) is 32.3 Å². The van der Waals surface area contributed by atoms with Crippen molar-refractivity contribution in [3.05, 3.63) is 80.3 Å². The van der Waals surface area contributed by atoms with Gasteiger partial charge in [-0.1, -0.05) is 49.7 Å². The first-order chi connectivity index (χ1) is 16.0. The molecule has 0 aliphatic heterocycles. The predicted molar refractivity (Wildman–Crippen MR) is 133 cm³/mol. The van der Waals surface area contributed by atoms with Gasteiger partial charge in [0, 0.05) is 17.5 Å². The molecule has 0 spiro atoms. The number of carbonyl (C=O) groups excluding carboxylic acids is 1. The van der Waals surface area contributed by atoms with E-state index in [0.29, 0.717) is 16.0 Å². The van der Waals surface area contributed by atoms with Crippen LogP contribution in [0.4, 0.5) is 5.13 Å². The SMILES string of the molecule is CCCCc1ccc(-c2csc(NC(=O)Cn3c(=O)n(CC)c(=O)c4ccccc43)n2)cc1. The second-order valence-corrected chi connectivity index (χ2v) is 8.68. The number of nitrogens with zero attached hydrogens (tertiary/aromatic N) is 3. The average molecular weight is 463 g/mol. The molecule has 1 N–H and O–H groups in total. The molecule has 0 radical (unpaired) electrons. The summed E-state index contributed by atoms with van der Waals surface area (Å²) in [5, 5.41) is 5.56. The van der Waals surface area contributed by atoms with Crippen molar-refractivity contribution in [1.82, 2.24) is 14.1 Å². The first kappa shape index (κ1) is 22.7. The Labute approximate surface area is 195 Å². The van der Waals surface area contributed by atoms with E-state index in [0.717, 1.165) is 28.7 Å². The number of anilines is 1. The minimum Gasteiger partial charge on any atom is -0.300 e. The Morgan fingerprint density at radius 2 is 1.79 bits per heavy atom. The third kappa shape index (κ3) is 4.80. The molecule has 33 heavy (non-hydrogen) atoms. The monoisotopic (exact) mass is 462 g/mol. The Hall–Kier alpha value is -3.52. The molecule has 0 saturated heterocycles. The van der Waals surface area contributed by atoms with E-state index < -0.39 is 5.69 Å². The van der Waals surface area contributed by atoms with Gasteiger partial charge in [0.2, 0.25) is 5.91 Å². The summed E-state index contributed by atoms with van der Waals surface area (Å²) in [5.74, 6) is -0.376. The van der Waals surface area contributed by atoms with Crippen LogP contribution < -0.4 is 16.6 Å². The average Bonchev–Trinajstić information content (AvgIpc) is 3.29. The van der Waals surface area contributed by atoms with Crippen LogP contribution in [0.5, 0.6) is 0 Å². The highest BCUT2D eigenvalue weighted by atomic mass is 32.1. The largest absolute Gasteiger partial charge is 0.331 e. The van der Waals surface area contributed by atoms with Gasteiger partial charge in [-0.25, -0.2) is 9.78 Å². The van der Waals surface area contributed by atoms with Gasteiger partial charge in [-0.05, 0) is 37.5 Å². The maximum atomic E-state index is 12.8. The Kier molecular flexibility index (Phi) is 6.84. The Balaban J connectivity index is 1.53. The van der Waals surface area contributed by atoms with Gasteiger partial charge >= 0.3 is 5.69 Å². The topological polar surface area (TPSA) is 86.0 Å². The van der Waals surface area contributed by atoms with Gasteiger partial charge in [-0.15, -0.1) is 11.3 Å². The summed E-state index contributed by atoms with van der Waals surface area (Å²) < 4.78 is 2.47. The molecule has 170 valence electrons. The highest BCUT2D eigenvalue weighted by Gasteiger charge is 2.15. The Morgan fingerprint density at radius 1 is 1.03 bits per heavy atom. The number of amides is 1. The molecule has 0 saturated carbocycles. The lowest BCUT2D eigenvalue weighted by Crippen LogP contribution is -2.41. The molecule has 2 heterocycles. The molecule has 0 bridgehead atoms. The third-order valence-corrected chi connectivity index (χ3v) is 6.33. The van der Waals surface area contributed by atoms with Crippen LogP contribution in [0.2, 0.25) is 0 Å². The van der Waals surface area contributed by atoms with Crippen molar-refractivity contribution in [3.8, 4) is 11.3 Å². The minimum absolute atomic E-state index is 0.208. The van der Waals surface area contributed by atoms with Gasteiger partial charge in [0.1, 0.15) is 6.54 Å². The fourth-order valence-corrected chi connectivity index (χ4v) is 4.53. The molecule has 2 aromatic carbocycles. The molecule has 0 unspecified atom stereocenters. The van der Waals surface area contributed by atoms with E-state index in [1.54, 1.807) is 31.2 Å². The predicted octanol–water partition coefficient (Wildman–Crippen LogP) is 4.29. The maximum Gasteiger partial charge on any atom is 0.331 e. The zero-order valence-corrected chi connectivity index (χ0v) is 19.5. The molecule has 4 rings (SSSR count). The maximum absolute atomic E-state index is 12.8. The summed E-state index contributed by atoms with van der Waals surface area (Å²) in [6.45, 7) is 3.94. The van der Waals surface area contributed by atoms with Gasteiger partial charge in [0.05, 0.1) is 16.6 Å². The van der Waals surface area contributed by atoms with Gasteiger partial charge < -0.3 is 5.32 Å². The summed E-state index contributed by atoms with van der Waals surface area (Å²) in [6.07, 6.45) is 3.40. The lowest BCUT2D eigenvalue weighted by atomic mass is 10.1. The number of aryl methyl sites for hydroxylation is 1. The Morgan fingerprint density at radius 3 is 2.52 bits per heavy atom. The number of benzene rings is 2. The van der Waals surface area contributed by atoms with E-state index in [4.69, 9.17) is 0 Å². The van der Waals surface area contributed by atoms with Crippen LogP contribution in [0.15, 0.2) is 63.5 Å². The number of hydrogen-bond acceptors (Lipinski definition) is 5. The highest BCUT2D eigenvalue weighted by Crippen LogP contribution is 2.25. The second kappa shape index (κ2) is 9.95. The number of rotatable bonds is 8. The van der Waals surface area contributed by atoms with Crippen molar-refractivity contribution in [3.63, 3.8) is 0 Å². The Bertz CT molecular complexity index is 1400. The van der Waals surface area contributed by atoms with Crippen LogP contribution in [0.25, 0.3) is 22.2 Å². The lowest BCUT2D eigenvalue weighted by Gasteiger charge is -2.12. The van der Waals surface area contributed by atoms with Gasteiger partial charge in [0.25, 0.3) is 5.56 Å². The van der Waals surface area contributed by atoms with Crippen LogP contribution in [-0.2, 0) is 24.3 Å². The first-order valence-corrected chi connectivity index (χ1v) is 12.0. The van der Waals surface area contributed by atoms with E-state index in [1.807, 2.05) is 17.5 Å². The van der Waals surface area contributed by atoms with E-state index >= 15 is 0 Å². The highest BCUT2D eigenvalue weighted by molar-refractivity contribution is 7.14. The van der Waals surface area contributed by atoms with Gasteiger partial charge in [-0.3, -0.25) is 18.7 Å². The van der Waals surface area contributed by atoms with Crippen molar-refractivity contribution in [2.75, 3.05) is 5.32 Å². The summed E-state index contributed by atoms with van der Waals surface area (Å²) in [6, 6.07) is 15.1. The molecule has 0 aliphatic rings. The lowest BCUT2D eigenvalue weighted by molar-refractivity contribution is -0.116. The fourth-order valence-electron chi connectivity index (χ4n) is 3.79. The molecule has 0 atom stereocenters. The summed E-state index contributed by atoms with van der Waals surface area (Å²) in [4.78, 5) is 42.7. The fraction of sp³-hybridized carbons (Fsp3) is 0.280. The molecular weight excluding hydrogens is 436 g/mol. The van der Waals surface area contributed by atoms with Crippen molar-refractivity contribution < 1.29 is 4.79 Å². The zero-order chi connectivity index (χ0) is 23.4. The number of thiazole rings is 1. The van der Waals surface area contributed by atoms with Crippen LogP contribution >= 0.6 is 11.3 Å². The molecule has 4 aromatic rings. The number of nitrogens with one attached hydrogen (secondary N) is 1. The number of para-hydroxylation sites is 1. The number of aromatic nitrogens is 3. The summed E-state index contributed by atoms with van der Waals surface area (Å²) >= 11 is 1.33. The molecule has 0 fully saturated rings. The van der Waals surface area contributed by atoms with E-state index in [9.17, 15) is 14.4 Å². The van der Waals surface area contributed by atoms with Crippen molar-refractivity contribution in [1.29, 1.82) is 0 Å². The van der Waals surface area contributed by atoms with Crippen LogP contribution in [-0.4, -0.2) is 20.0 Å². The molecule has 2 aromatic heterocycles. The number of carbonyl (C=O) groups is 1. The first-order valence-electron chi connectivity index (χ1n) is 11.1. The standard InChI is InChI=1S/C25H26N4O3S/c1-3-5-8-17-11-13-18(14-12-17)20-16-33-24(26-20)27-22(30)15-29-21-10-7-6-9-19(21)23(31)28(4-2)25(29)32/h6-7,9-14,16H,3-5,8,15H2,1-2H3,(H,26,27,30). The van der Waals surface area contributed by atoms with E-state index in [1.165, 1.54) is 27.9 Å². The van der Waals surface area contributed by atoms with E-state index in [2.05, 4.69) is 29.4 Å². The second-order valence-electron chi connectivity index (χ2n) is 7.82. The van der Waals surface area contributed by atoms with Crippen molar-refractivity contribution in [2.45, 2.75) is 46.2 Å². The van der Waals surface area contributed by atoms with Crippen LogP contribution in [0.3, 0.4) is 0 Å². The number of fused-ring (bicyclic) bond motifs is 1. The quantitative estimate of drug-likeness (QED) is 0.423. The van der Waals surface area contributed by atoms with Crippen molar-refractivity contribution in [2.24, 2.45) is 0 Å². The molecule has 1 amide bonds. The van der Waals surface area contributed by atoms with Gasteiger partial charge in [0.15, 0.2) is 5.13 Å². The van der Waals surface area contributed by atoms with Gasteiger partial charge in [-0.2, -0.15) is 0 Å². The molecule has 0 aliphatic carbocycles. The molecule has 7 nitrogen and oxygen atoms in total. The molecular formula is C25H26N4O3S. The van der Waals surface area contributed by atoms with Crippen molar-refractivity contribution >= 4 is 33.3 Å². The normalized spacial score (nSPS) is 11.1. The third-order valence-electron chi connectivity index (χ3n) is 5.57. The summed E-state index contributed by atoms with van der Waals surface area (Å²) in [7, 11) is 0. The number of unbranched alkanes of at least 4 members (excludes halogenated alkanes) is 1.